The van der Waals surface area contributed by atoms with Gasteiger partial charge < -0.3 is 33.9 Å². The van der Waals surface area contributed by atoms with Gasteiger partial charge in [0, 0.05) is 48.0 Å². The average molecular weight is 845 g/mol. The van der Waals surface area contributed by atoms with Crippen LogP contribution in [-0.4, -0.2) is 83.5 Å². The number of hydrogen-bond acceptors (Lipinski definition) is 9. The molecule has 1 fully saturated rings. The Morgan fingerprint density at radius 2 is 1.80 bits per heavy atom. The third-order valence-electron chi connectivity index (χ3n) is 9.81. The highest BCUT2D eigenvalue weighted by atomic mass is 79.9. The number of unbranched alkanes of at least 4 members (excludes halogenated alkanes) is 3. The largest absolute Gasteiger partial charge is 0.489 e. The second-order valence-corrected chi connectivity index (χ2v) is 14.7. The summed E-state index contributed by atoms with van der Waals surface area (Å²) in [5.74, 6) is 1.19. The summed E-state index contributed by atoms with van der Waals surface area (Å²) in [7, 11) is 0. The molecule has 0 unspecified atom stereocenters. The lowest BCUT2D eigenvalue weighted by molar-refractivity contribution is -0.140. The SMILES string of the molecule is CCN1CCOc2cc3c(cc21)c(C(F)(F)F)cc(=O)n3CCCCCCC(=O)N1CCO[C@H](COc2cc(C)c(Br)cc2NC(=O)Nc2cnc(C)cn2)C1. The number of urea groups is 1. The van der Waals surface area contributed by atoms with Crippen molar-refractivity contribution in [3.8, 4) is 11.5 Å². The van der Waals surface area contributed by atoms with Crippen molar-refractivity contribution < 1.29 is 37.0 Å². The molecule has 1 atom stereocenters. The molecule has 0 aliphatic carbocycles. The van der Waals surface area contributed by atoms with Crippen LogP contribution in [0.3, 0.4) is 0 Å². The topological polar surface area (TPSA) is 140 Å². The summed E-state index contributed by atoms with van der Waals surface area (Å²) in [5.41, 5.74) is 1.17. The maximum absolute atomic E-state index is 14.0. The van der Waals surface area contributed by atoms with E-state index in [0.717, 1.165) is 15.7 Å². The van der Waals surface area contributed by atoms with Crippen LogP contribution >= 0.6 is 15.9 Å². The van der Waals surface area contributed by atoms with Gasteiger partial charge in [-0.25, -0.2) is 9.78 Å². The van der Waals surface area contributed by atoms with Crippen molar-refractivity contribution in [1.82, 2.24) is 19.4 Å². The van der Waals surface area contributed by atoms with Crippen LogP contribution in [0.4, 0.5) is 35.2 Å². The van der Waals surface area contributed by atoms with Gasteiger partial charge in [0.25, 0.3) is 5.56 Å². The Kier molecular flexibility index (Phi) is 13.0. The Hall–Kier alpha value is -4.90. The molecule has 4 heterocycles. The van der Waals surface area contributed by atoms with Crippen molar-refractivity contribution in [2.24, 2.45) is 0 Å². The van der Waals surface area contributed by atoms with E-state index in [1.165, 1.54) is 16.8 Å². The number of carbonyl (C=O) groups excluding carboxylic acids is 2. The maximum atomic E-state index is 14.0. The number of alkyl halides is 3. The minimum absolute atomic E-state index is 0.00753. The Morgan fingerprint density at radius 1 is 1.00 bits per heavy atom. The smallest absolute Gasteiger partial charge is 0.417 e. The lowest BCUT2D eigenvalue weighted by Gasteiger charge is -2.33. The second-order valence-electron chi connectivity index (χ2n) is 13.8. The number of pyridine rings is 1. The van der Waals surface area contributed by atoms with Gasteiger partial charge in [0.1, 0.15) is 30.8 Å². The Labute approximate surface area is 330 Å². The zero-order valence-corrected chi connectivity index (χ0v) is 33.1. The second kappa shape index (κ2) is 17.9. The van der Waals surface area contributed by atoms with Crippen LogP contribution < -0.4 is 30.6 Å². The highest BCUT2D eigenvalue weighted by molar-refractivity contribution is 9.10. The van der Waals surface area contributed by atoms with Gasteiger partial charge in [-0.1, -0.05) is 28.8 Å². The molecule has 1 saturated heterocycles. The van der Waals surface area contributed by atoms with E-state index in [2.05, 4.69) is 36.5 Å². The Morgan fingerprint density at radius 3 is 2.55 bits per heavy atom. The predicted molar refractivity (Wildman–Crippen MR) is 210 cm³/mol. The van der Waals surface area contributed by atoms with E-state index in [9.17, 15) is 27.6 Å². The summed E-state index contributed by atoms with van der Waals surface area (Å²) < 4.78 is 62.1. The number of carbonyl (C=O) groups is 2. The van der Waals surface area contributed by atoms with Gasteiger partial charge in [-0.2, -0.15) is 13.2 Å². The Bertz CT molecular complexity index is 2110. The fraction of sp³-hybridized carbons (Fsp3) is 0.462. The van der Waals surface area contributed by atoms with Crippen LogP contribution in [0.1, 0.15) is 55.8 Å². The third-order valence-corrected chi connectivity index (χ3v) is 10.7. The van der Waals surface area contributed by atoms with Crippen LogP contribution in [0.5, 0.6) is 11.5 Å². The van der Waals surface area contributed by atoms with Gasteiger partial charge in [0.05, 0.1) is 60.2 Å². The number of aromatic nitrogens is 3. The minimum atomic E-state index is -4.69. The number of aryl methyl sites for hydroxylation is 3. The first-order valence-electron chi connectivity index (χ1n) is 18.7. The van der Waals surface area contributed by atoms with E-state index in [1.807, 2.05) is 18.7 Å². The van der Waals surface area contributed by atoms with Crippen molar-refractivity contribution in [2.45, 2.75) is 71.7 Å². The quantitative estimate of drug-likeness (QED) is 0.133. The van der Waals surface area contributed by atoms with Crippen molar-refractivity contribution in [3.05, 3.63) is 74.4 Å². The van der Waals surface area contributed by atoms with Crippen LogP contribution in [0.25, 0.3) is 10.9 Å². The molecule has 6 rings (SSSR count). The third kappa shape index (κ3) is 9.90. The van der Waals surface area contributed by atoms with Crippen LogP contribution in [0.15, 0.2) is 52.0 Å². The first-order chi connectivity index (χ1) is 26.8. The summed E-state index contributed by atoms with van der Waals surface area (Å²) in [5, 5.41) is 5.41. The molecule has 2 aliphatic rings. The summed E-state index contributed by atoms with van der Waals surface area (Å²) in [6.45, 7) is 8.76. The molecule has 2 aliphatic heterocycles. The molecule has 300 valence electrons. The van der Waals surface area contributed by atoms with E-state index in [1.54, 1.807) is 36.2 Å². The number of morpholine rings is 1. The van der Waals surface area contributed by atoms with E-state index in [0.29, 0.717) is 106 Å². The number of amides is 3. The molecule has 0 bridgehead atoms. The highest BCUT2D eigenvalue weighted by Gasteiger charge is 2.35. The van der Waals surface area contributed by atoms with E-state index in [4.69, 9.17) is 14.2 Å². The molecule has 0 radical (unpaired) electrons. The van der Waals surface area contributed by atoms with Gasteiger partial charge >= 0.3 is 12.2 Å². The first-order valence-corrected chi connectivity index (χ1v) is 19.5. The lowest BCUT2D eigenvalue weighted by Crippen LogP contribution is -2.47. The van der Waals surface area contributed by atoms with E-state index in [-0.39, 0.29) is 36.1 Å². The molecule has 3 amide bonds. The summed E-state index contributed by atoms with van der Waals surface area (Å²) >= 11 is 3.50. The van der Waals surface area contributed by atoms with Crippen molar-refractivity contribution in [1.29, 1.82) is 0 Å². The molecular weight excluding hydrogens is 799 g/mol. The molecular formula is C39H45BrF3N7O6. The van der Waals surface area contributed by atoms with Crippen LogP contribution in [-0.2, 0) is 22.3 Å². The maximum Gasteiger partial charge on any atom is 0.417 e. The molecule has 4 aromatic rings. The number of halogens is 4. The average Bonchev–Trinajstić information content (AvgIpc) is 3.17. The number of nitrogens with one attached hydrogen (secondary N) is 2. The monoisotopic (exact) mass is 843 g/mol. The van der Waals surface area contributed by atoms with Gasteiger partial charge in [0.15, 0.2) is 5.82 Å². The van der Waals surface area contributed by atoms with Crippen LogP contribution in [0, 0.1) is 13.8 Å². The molecule has 17 heteroatoms. The fourth-order valence-electron chi connectivity index (χ4n) is 6.82. The number of rotatable bonds is 13. The predicted octanol–water partition coefficient (Wildman–Crippen LogP) is 7.31. The van der Waals surface area contributed by atoms with Gasteiger partial charge in [-0.15, -0.1) is 0 Å². The molecule has 0 saturated carbocycles. The number of ether oxygens (including phenoxy) is 3. The van der Waals surface area contributed by atoms with Gasteiger partial charge in [-0.3, -0.25) is 19.9 Å². The standard InChI is InChI=1S/C39H45BrF3N7O6/c1-4-48-11-14-55-34-19-31-27(16-32(34)48)28(39(41,42)43)17-37(52)50(31)10-8-6-5-7-9-36(51)49-12-13-54-26(22-49)23-56-33-15-24(2)29(40)18-30(33)46-38(53)47-35-21-44-25(3)20-45-35/h15-21,26H,4-14,22-23H2,1-3H3,(H2,45,46,47,53)/t26-/m0/s1. The number of nitrogens with zero attached hydrogens (tertiary/aromatic N) is 5. The van der Waals surface area contributed by atoms with Crippen LogP contribution in [0.2, 0.25) is 0 Å². The summed E-state index contributed by atoms with van der Waals surface area (Å²) in [4.78, 5) is 50.9. The normalized spacial score (nSPS) is 15.7. The molecule has 0 spiro atoms. The highest BCUT2D eigenvalue weighted by Crippen LogP contribution is 2.40. The molecule has 2 aromatic carbocycles. The summed E-state index contributed by atoms with van der Waals surface area (Å²) in [6.07, 6.45) is 0.839. The van der Waals surface area contributed by atoms with Crippen molar-refractivity contribution >= 4 is 56.0 Å². The van der Waals surface area contributed by atoms with E-state index >= 15 is 0 Å². The summed E-state index contributed by atoms with van der Waals surface area (Å²) in [6, 6.07) is 6.75. The number of likely N-dealkylation sites (N-methyl/N-ethyl adjacent to an activating group) is 1. The lowest BCUT2D eigenvalue weighted by atomic mass is 10.0. The van der Waals surface area contributed by atoms with Crippen molar-refractivity contribution in [2.75, 3.05) is 61.5 Å². The zero-order valence-electron chi connectivity index (χ0n) is 31.5. The zero-order chi connectivity index (χ0) is 40.0. The minimum Gasteiger partial charge on any atom is -0.489 e. The van der Waals surface area contributed by atoms with E-state index < -0.39 is 23.3 Å². The van der Waals surface area contributed by atoms with Gasteiger partial charge in [-0.05, 0) is 57.4 Å². The number of anilines is 3. The number of benzene rings is 2. The Balaban J connectivity index is 0.989. The molecule has 13 nitrogen and oxygen atoms in total. The molecule has 2 aromatic heterocycles. The fourth-order valence-corrected chi connectivity index (χ4v) is 7.17. The van der Waals surface area contributed by atoms with Crippen molar-refractivity contribution in [3.63, 3.8) is 0 Å². The van der Waals surface area contributed by atoms with Gasteiger partial charge in [0.2, 0.25) is 5.91 Å². The molecule has 56 heavy (non-hydrogen) atoms. The number of fused-ring (bicyclic) bond motifs is 2. The number of hydrogen-bond donors (Lipinski definition) is 2. The molecule has 2 N–H and O–H groups in total. The first kappa shape index (κ1) is 40.8.